The lowest BCUT2D eigenvalue weighted by Gasteiger charge is -1.81. The molecule has 0 aromatic rings. The van der Waals surface area contributed by atoms with Gasteiger partial charge in [-0.15, -0.1) is 13.2 Å². The Balaban J connectivity index is 0. The molecule has 0 aromatic carbocycles. The SMILES string of the molecule is C=C(C)C.C=CCCCC. The van der Waals surface area contributed by atoms with E-state index < -0.39 is 0 Å². The van der Waals surface area contributed by atoms with E-state index in [1.54, 1.807) is 0 Å². The molecule has 0 nitrogen and oxygen atoms in total. The third-order valence-corrected chi connectivity index (χ3v) is 0.762. The van der Waals surface area contributed by atoms with E-state index in [1.807, 2.05) is 19.9 Å². The van der Waals surface area contributed by atoms with Crippen LogP contribution >= 0.6 is 0 Å². The van der Waals surface area contributed by atoms with Crippen molar-refractivity contribution in [3.05, 3.63) is 24.8 Å². The Bertz CT molecular complexity index is 76.0. The first kappa shape index (κ1) is 12.2. The summed E-state index contributed by atoms with van der Waals surface area (Å²) in [6, 6.07) is 0. The smallest absolute Gasteiger partial charge is 0.0354 e. The van der Waals surface area contributed by atoms with Crippen molar-refractivity contribution in [2.75, 3.05) is 0 Å². The molecule has 0 aromatic heterocycles. The summed E-state index contributed by atoms with van der Waals surface area (Å²) in [5.41, 5.74) is 1.17. The van der Waals surface area contributed by atoms with Gasteiger partial charge in [0.25, 0.3) is 0 Å². The van der Waals surface area contributed by atoms with Crippen molar-refractivity contribution in [3.8, 4) is 0 Å². The van der Waals surface area contributed by atoms with E-state index in [9.17, 15) is 0 Å². The van der Waals surface area contributed by atoms with Gasteiger partial charge in [-0.2, -0.15) is 0 Å². The fraction of sp³-hybridized carbons (Fsp3) is 0.600. The normalized spacial score (nSPS) is 7.50. The summed E-state index contributed by atoms with van der Waals surface area (Å²) >= 11 is 0. The zero-order valence-electron chi connectivity index (χ0n) is 7.61. The molecule has 0 aliphatic rings. The van der Waals surface area contributed by atoms with Gasteiger partial charge in [0.15, 0.2) is 0 Å². The predicted octanol–water partition coefficient (Wildman–Crippen LogP) is 3.95. The van der Waals surface area contributed by atoms with Gasteiger partial charge >= 0.3 is 0 Å². The number of hydrogen-bond donors (Lipinski definition) is 0. The van der Waals surface area contributed by atoms with E-state index in [0.717, 1.165) is 0 Å². The third-order valence-electron chi connectivity index (χ3n) is 0.762. The van der Waals surface area contributed by atoms with Gasteiger partial charge in [-0.1, -0.05) is 31.4 Å². The number of hydrogen-bond acceptors (Lipinski definition) is 0. The lowest BCUT2D eigenvalue weighted by molar-refractivity contribution is 0.816. The molecule has 0 fully saturated rings. The van der Waals surface area contributed by atoms with E-state index in [1.165, 1.54) is 24.8 Å². The molecule has 0 aliphatic heterocycles. The van der Waals surface area contributed by atoms with E-state index >= 15 is 0 Å². The molecule has 0 aliphatic carbocycles. The van der Waals surface area contributed by atoms with Crippen molar-refractivity contribution in [1.82, 2.24) is 0 Å². The van der Waals surface area contributed by atoms with Crippen LogP contribution in [-0.4, -0.2) is 0 Å². The molecule has 0 spiro atoms. The summed E-state index contributed by atoms with van der Waals surface area (Å²) in [5.74, 6) is 0. The minimum atomic E-state index is 1.17. The Morgan fingerprint density at radius 2 is 1.80 bits per heavy atom. The Hall–Kier alpha value is -0.520. The average Bonchev–Trinajstić information content (AvgIpc) is 1.82. The van der Waals surface area contributed by atoms with Crippen LogP contribution in [0.15, 0.2) is 24.8 Å². The zero-order chi connectivity index (χ0) is 8.41. The van der Waals surface area contributed by atoms with Crippen LogP contribution in [0.25, 0.3) is 0 Å². The molecular weight excluding hydrogens is 120 g/mol. The summed E-state index contributed by atoms with van der Waals surface area (Å²) in [6.07, 6.45) is 5.72. The van der Waals surface area contributed by atoms with Gasteiger partial charge in [0.05, 0.1) is 0 Å². The second-order valence-electron chi connectivity index (χ2n) is 2.64. The first-order valence-electron chi connectivity index (χ1n) is 3.88. The molecule has 0 radical (unpaired) electrons. The van der Waals surface area contributed by atoms with Crippen LogP contribution in [0, 0.1) is 0 Å². The highest BCUT2D eigenvalue weighted by Crippen LogP contribution is 1.91. The number of rotatable bonds is 3. The fourth-order valence-corrected chi connectivity index (χ4v) is 0.348. The molecule has 0 rings (SSSR count). The molecular formula is C10H20. The lowest BCUT2D eigenvalue weighted by Crippen LogP contribution is -1.61. The summed E-state index contributed by atoms with van der Waals surface area (Å²) in [4.78, 5) is 0. The second-order valence-corrected chi connectivity index (χ2v) is 2.64. The Morgan fingerprint density at radius 1 is 1.40 bits per heavy atom. The molecule has 0 saturated heterocycles. The predicted molar refractivity (Wildman–Crippen MR) is 50.2 cm³/mol. The highest BCUT2D eigenvalue weighted by molar-refractivity contribution is 4.78. The summed E-state index contributed by atoms with van der Waals surface area (Å²) < 4.78 is 0. The van der Waals surface area contributed by atoms with Crippen LogP contribution < -0.4 is 0 Å². The minimum Gasteiger partial charge on any atom is -0.103 e. The molecule has 0 saturated carbocycles. The Labute approximate surface area is 65.7 Å². The largest absolute Gasteiger partial charge is 0.103 e. The van der Waals surface area contributed by atoms with E-state index in [-0.39, 0.29) is 0 Å². The molecule has 60 valence electrons. The van der Waals surface area contributed by atoms with Crippen molar-refractivity contribution >= 4 is 0 Å². The topological polar surface area (TPSA) is 0 Å². The van der Waals surface area contributed by atoms with E-state index in [2.05, 4.69) is 20.1 Å². The van der Waals surface area contributed by atoms with Crippen molar-refractivity contribution in [2.45, 2.75) is 40.0 Å². The first-order chi connectivity index (χ1) is 4.65. The quantitative estimate of drug-likeness (QED) is 0.411. The van der Waals surface area contributed by atoms with E-state index in [0.29, 0.717) is 0 Å². The molecule has 0 unspecified atom stereocenters. The van der Waals surface area contributed by atoms with E-state index in [4.69, 9.17) is 0 Å². The zero-order valence-corrected chi connectivity index (χ0v) is 7.61. The molecule has 0 heteroatoms. The maximum Gasteiger partial charge on any atom is -0.0354 e. The first-order valence-corrected chi connectivity index (χ1v) is 3.88. The number of allylic oxidation sites excluding steroid dienone is 2. The van der Waals surface area contributed by atoms with Gasteiger partial charge in [-0.3, -0.25) is 0 Å². The Morgan fingerprint density at radius 3 is 1.90 bits per heavy atom. The van der Waals surface area contributed by atoms with Crippen molar-refractivity contribution in [1.29, 1.82) is 0 Å². The van der Waals surface area contributed by atoms with Gasteiger partial charge in [-0.05, 0) is 20.3 Å². The van der Waals surface area contributed by atoms with Crippen molar-refractivity contribution in [3.63, 3.8) is 0 Å². The molecule has 0 atom stereocenters. The number of unbranched alkanes of at least 4 members (excludes halogenated alkanes) is 2. The molecule has 0 N–H and O–H groups in total. The average molecular weight is 140 g/mol. The van der Waals surface area contributed by atoms with Gasteiger partial charge in [0.1, 0.15) is 0 Å². The van der Waals surface area contributed by atoms with Crippen LogP contribution in [0.1, 0.15) is 40.0 Å². The van der Waals surface area contributed by atoms with Crippen LogP contribution in [0.2, 0.25) is 0 Å². The summed E-state index contributed by atoms with van der Waals surface area (Å²) in [7, 11) is 0. The maximum atomic E-state index is 3.60. The van der Waals surface area contributed by atoms with Gasteiger partial charge in [-0.25, -0.2) is 0 Å². The lowest BCUT2D eigenvalue weighted by atomic mass is 10.3. The molecule has 0 amide bonds. The Kier molecular flexibility index (Phi) is 13.8. The molecule has 0 bridgehead atoms. The van der Waals surface area contributed by atoms with Crippen LogP contribution in [-0.2, 0) is 0 Å². The van der Waals surface area contributed by atoms with Crippen LogP contribution in [0.3, 0.4) is 0 Å². The summed E-state index contributed by atoms with van der Waals surface area (Å²) in [6.45, 7) is 13.3. The summed E-state index contributed by atoms with van der Waals surface area (Å²) in [5, 5.41) is 0. The van der Waals surface area contributed by atoms with Crippen LogP contribution in [0.4, 0.5) is 0 Å². The van der Waals surface area contributed by atoms with Gasteiger partial charge in [0, 0.05) is 0 Å². The molecule has 0 heterocycles. The fourth-order valence-electron chi connectivity index (χ4n) is 0.348. The molecule has 10 heavy (non-hydrogen) atoms. The highest BCUT2D eigenvalue weighted by atomic mass is 13.8. The van der Waals surface area contributed by atoms with Crippen molar-refractivity contribution in [2.24, 2.45) is 0 Å². The monoisotopic (exact) mass is 140 g/mol. The minimum absolute atomic E-state index is 1.17. The second kappa shape index (κ2) is 11.3. The van der Waals surface area contributed by atoms with Crippen LogP contribution in [0.5, 0.6) is 0 Å². The van der Waals surface area contributed by atoms with Gasteiger partial charge in [0.2, 0.25) is 0 Å². The standard InChI is InChI=1S/C6H12.C4H8/c1-3-5-6-4-2;1-4(2)3/h3H,1,4-6H2,2H3;1H2,2-3H3. The third kappa shape index (κ3) is 51.1. The maximum absolute atomic E-state index is 3.60. The van der Waals surface area contributed by atoms with Gasteiger partial charge < -0.3 is 0 Å². The highest BCUT2D eigenvalue weighted by Gasteiger charge is 1.71. The van der Waals surface area contributed by atoms with Crippen molar-refractivity contribution < 1.29 is 0 Å².